The van der Waals surface area contributed by atoms with Gasteiger partial charge in [-0.15, -0.1) is 0 Å². The van der Waals surface area contributed by atoms with Crippen LogP contribution in [0.4, 0.5) is 5.69 Å². The minimum atomic E-state index is 0.208. The molecule has 0 aliphatic rings. The third-order valence-corrected chi connectivity index (χ3v) is 3.50. The van der Waals surface area contributed by atoms with E-state index in [0.717, 1.165) is 12.1 Å². The van der Waals surface area contributed by atoms with Crippen LogP contribution in [-0.4, -0.2) is 18.8 Å². The number of benzene rings is 2. The largest absolute Gasteiger partial charge is 0.508 e. The number of para-hydroxylation sites is 1. The number of nitrogens with one attached hydrogen (secondary N) is 1. The van der Waals surface area contributed by atoms with Crippen LogP contribution in [0.3, 0.4) is 0 Å². The Balaban J connectivity index is 2.11. The van der Waals surface area contributed by atoms with Crippen molar-refractivity contribution < 1.29 is 9.84 Å². The van der Waals surface area contributed by atoms with Gasteiger partial charge in [-0.1, -0.05) is 35.9 Å². The quantitative estimate of drug-likeness (QED) is 0.849. The topological polar surface area (TPSA) is 41.5 Å². The molecule has 0 aliphatic carbocycles. The van der Waals surface area contributed by atoms with E-state index in [1.165, 1.54) is 5.56 Å². The van der Waals surface area contributed by atoms with E-state index in [9.17, 15) is 5.11 Å². The van der Waals surface area contributed by atoms with E-state index in [2.05, 4.69) is 11.4 Å². The average molecular weight is 292 g/mol. The number of rotatable bonds is 6. The van der Waals surface area contributed by atoms with Crippen molar-refractivity contribution in [2.75, 3.05) is 19.0 Å². The zero-order valence-electron chi connectivity index (χ0n) is 11.4. The molecule has 4 heteroatoms. The summed E-state index contributed by atoms with van der Waals surface area (Å²) in [4.78, 5) is 0. The summed E-state index contributed by atoms with van der Waals surface area (Å²) in [5, 5.41) is 13.7. The minimum absolute atomic E-state index is 0.208. The lowest BCUT2D eigenvalue weighted by molar-refractivity contribution is 0.202. The Morgan fingerprint density at radius 3 is 2.70 bits per heavy atom. The first kappa shape index (κ1) is 14.7. The first-order chi connectivity index (χ1) is 9.72. The summed E-state index contributed by atoms with van der Waals surface area (Å²) in [5.41, 5.74) is 2.92. The van der Waals surface area contributed by atoms with Crippen molar-refractivity contribution in [1.29, 1.82) is 0 Å². The summed E-state index contributed by atoms with van der Waals surface area (Å²) in [6, 6.07) is 13.2. The van der Waals surface area contributed by atoms with Crippen LogP contribution in [0.1, 0.15) is 11.1 Å². The zero-order valence-corrected chi connectivity index (χ0v) is 12.2. The lowest BCUT2D eigenvalue weighted by Crippen LogP contribution is -2.05. The number of aromatic hydroxyl groups is 1. The maximum atomic E-state index is 9.84. The summed E-state index contributed by atoms with van der Waals surface area (Å²) in [5.74, 6) is 0.208. The predicted octanol–water partition coefficient (Wildman–Crippen LogP) is 3.85. The summed E-state index contributed by atoms with van der Waals surface area (Å²) >= 11 is 6.10. The molecule has 0 amide bonds. The molecule has 0 saturated carbocycles. The SMILES string of the molecule is COCCc1ccccc1NCc1c(O)cccc1Cl. The van der Waals surface area contributed by atoms with Crippen molar-refractivity contribution in [1.82, 2.24) is 0 Å². The van der Waals surface area contributed by atoms with Gasteiger partial charge in [0.2, 0.25) is 0 Å². The Bertz CT molecular complexity index is 552. The summed E-state index contributed by atoms with van der Waals surface area (Å²) in [6.45, 7) is 1.16. The highest BCUT2D eigenvalue weighted by atomic mass is 35.5. The lowest BCUT2D eigenvalue weighted by atomic mass is 10.1. The van der Waals surface area contributed by atoms with Gasteiger partial charge in [0.1, 0.15) is 5.75 Å². The molecule has 0 heterocycles. The number of anilines is 1. The molecule has 2 aromatic carbocycles. The van der Waals surface area contributed by atoms with Crippen molar-refractivity contribution in [3.8, 4) is 5.75 Å². The molecule has 106 valence electrons. The molecule has 0 radical (unpaired) electrons. The number of phenols is 1. The molecule has 2 N–H and O–H groups in total. The summed E-state index contributed by atoms with van der Waals surface area (Å²) < 4.78 is 5.11. The highest BCUT2D eigenvalue weighted by Gasteiger charge is 2.07. The van der Waals surface area contributed by atoms with Gasteiger partial charge in [-0.25, -0.2) is 0 Å². The molecule has 0 unspecified atom stereocenters. The van der Waals surface area contributed by atoms with Crippen LogP contribution in [0.15, 0.2) is 42.5 Å². The van der Waals surface area contributed by atoms with Gasteiger partial charge in [-0.2, -0.15) is 0 Å². The normalized spacial score (nSPS) is 10.5. The van der Waals surface area contributed by atoms with Crippen LogP contribution in [0.2, 0.25) is 5.02 Å². The maximum absolute atomic E-state index is 9.84. The second-order valence-electron chi connectivity index (χ2n) is 4.49. The van der Waals surface area contributed by atoms with Crippen molar-refractivity contribution in [2.24, 2.45) is 0 Å². The third kappa shape index (κ3) is 3.65. The lowest BCUT2D eigenvalue weighted by Gasteiger charge is -2.13. The van der Waals surface area contributed by atoms with E-state index in [-0.39, 0.29) is 5.75 Å². The average Bonchev–Trinajstić information content (AvgIpc) is 2.45. The Morgan fingerprint density at radius 2 is 1.95 bits per heavy atom. The fourth-order valence-electron chi connectivity index (χ4n) is 2.03. The number of methoxy groups -OCH3 is 1. The predicted molar refractivity (Wildman–Crippen MR) is 82.5 cm³/mol. The maximum Gasteiger partial charge on any atom is 0.122 e. The molecule has 0 bridgehead atoms. The van der Waals surface area contributed by atoms with Crippen molar-refractivity contribution in [3.05, 3.63) is 58.6 Å². The molecule has 0 aromatic heterocycles. The van der Waals surface area contributed by atoms with Gasteiger partial charge in [-0.3, -0.25) is 0 Å². The van der Waals surface area contributed by atoms with E-state index in [1.807, 2.05) is 18.2 Å². The summed E-state index contributed by atoms with van der Waals surface area (Å²) in [7, 11) is 1.69. The first-order valence-electron chi connectivity index (χ1n) is 6.49. The molecule has 20 heavy (non-hydrogen) atoms. The van der Waals surface area contributed by atoms with Crippen LogP contribution < -0.4 is 5.32 Å². The van der Waals surface area contributed by atoms with Gasteiger partial charge in [0.05, 0.1) is 6.61 Å². The number of phenolic OH excluding ortho intramolecular Hbond substituents is 1. The van der Waals surface area contributed by atoms with Gasteiger partial charge < -0.3 is 15.2 Å². The van der Waals surface area contributed by atoms with Gasteiger partial charge >= 0.3 is 0 Å². The van der Waals surface area contributed by atoms with Crippen molar-refractivity contribution in [2.45, 2.75) is 13.0 Å². The molecule has 0 fully saturated rings. The molecular weight excluding hydrogens is 274 g/mol. The molecule has 0 spiro atoms. The Morgan fingerprint density at radius 1 is 1.15 bits per heavy atom. The number of hydrogen-bond donors (Lipinski definition) is 2. The van der Waals surface area contributed by atoms with Gasteiger partial charge in [0, 0.05) is 29.9 Å². The van der Waals surface area contributed by atoms with Crippen LogP contribution in [0, 0.1) is 0 Å². The van der Waals surface area contributed by atoms with E-state index >= 15 is 0 Å². The first-order valence-corrected chi connectivity index (χ1v) is 6.87. The third-order valence-electron chi connectivity index (χ3n) is 3.14. The Hall–Kier alpha value is -1.71. The smallest absolute Gasteiger partial charge is 0.122 e. The van der Waals surface area contributed by atoms with Crippen LogP contribution in [0.25, 0.3) is 0 Å². The molecule has 0 atom stereocenters. The van der Waals surface area contributed by atoms with Gasteiger partial charge in [0.25, 0.3) is 0 Å². The second kappa shape index (κ2) is 7.17. The minimum Gasteiger partial charge on any atom is -0.508 e. The van der Waals surface area contributed by atoms with E-state index in [1.54, 1.807) is 25.3 Å². The van der Waals surface area contributed by atoms with Crippen LogP contribution >= 0.6 is 11.6 Å². The number of hydrogen-bond acceptors (Lipinski definition) is 3. The second-order valence-corrected chi connectivity index (χ2v) is 4.90. The monoisotopic (exact) mass is 291 g/mol. The summed E-state index contributed by atoms with van der Waals surface area (Å²) in [6.07, 6.45) is 0.841. The van der Waals surface area contributed by atoms with Crippen molar-refractivity contribution in [3.63, 3.8) is 0 Å². The van der Waals surface area contributed by atoms with E-state index in [4.69, 9.17) is 16.3 Å². The molecule has 2 rings (SSSR count). The van der Waals surface area contributed by atoms with E-state index < -0.39 is 0 Å². The highest BCUT2D eigenvalue weighted by Crippen LogP contribution is 2.26. The highest BCUT2D eigenvalue weighted by molar-refractivity contribution is 6.31. The zero-order chi connectivity index (χ0) is 14.4. The Labute approximate surface area is 124 Å². The fraction of sp³-hybridized carbons (Fsp3) is 0.250. The number of ether oxygens (including phenoxy) is 1. The van der Waals surface area contributed by atoms with Gasteiger partial charge in [-0.05, 0) is 30.2 Å². The fourth-order valence-corrected chi connectivity index (χ4v) is 2.27. The van der Waals surface area contributed by atoms with Gasteiger partial charge in [0.15, 0.2) is 0 Å². The Kier molecular flexibility index (Phi) is 5.27. The van der Waals surface area contributed by atoms with Crippen LogP contribution in [0.5, 0.6) is 5.75 Å². The number of halogens is 1. The van der Waals surface area contributed by atoms with Crippen LogP contribution in [-0.2, 0) is 17.7 Å². The van der Waals surface area contributed by atoms with Crippen molar-refractivity contribution >= 4 is 17.3 Å². The molecular formula is C16H18ClNO2. The molecule has 3 nitrogen and oxygen atoms in total. The van der Waals surface area contributed by atoms with E-state index in [0.29, 0.717) is 23.7 Å². The molecule has 2 aromatic rings. The standard InChI is InChI=1S/C16H18ClNO2/c1-20-10-9-12-5-2-3-7-15(12)18-11-13-14(17)6-4-8-16(13)19/h2-8,18-19H,9-11H2,1H3. The molecule has 0 saturated heterocycles. The molecule has 0 aliphatic heterocycles.